The van der Waals surface area contributed by atoms with Gasteiger partial charge in [0.1, 0.15) is 17.7 Å². The molecule has 140 valence electrons. The summed E-state index contributed by atoms with van der Waals surface area (Å²) < 4.78 is 0. The lowest BCUT2D eigenvalue weighted by Gasteiger charge is -2.37. The van der Waals surface area contributed by atoms with Crippen LogP contribution in [-0.2, 0) is 0 Å². The Morgan fingerprint density at radius 3 is 2.18 bits per heavy atom. The van der Waals surface area contributed by atoms with E-state index in [1.807, 2.05) is 6.07 Å². The second kappa shape index (κ2) is 6.96. The van der Waals surface area contributed by atoms with Crippen molar-refractivity contribution in [2.45, 2.75) is 6.17 Å². The SMILES string of the molecule is O=C(NN1C(=O)c2ccccc2NC1c1ccc(O)cc1)c1ccc(O)cc1. The number of rotatable bonds is 3. The van der Waals surface area contributed by atoms with Crippen molar-refractivity contribution >= 4 is 17.5 Å². The molecule has 7 heteroatoms. The molecule has 1 atom stereocenters. The summed E-state index contributed by atoms with van der Waals surface area (Å²) in [7, 11) is 0. The lowest BCUT2D eigenvalue weighted by atomic mass is 10.0. The number of aromatic hydroxyl groups is 2. The summed E-state index contributed by atoms with van der Waals surface area (Å²) in [5.74, 6) is -0.702. The highest BCUT2D eigenvalue weighted by molar-refractivity contribution is 6.04. The number of phenols is 2. The van der Waals surface area contributed by atoms with Crippen molar-refractivity contribution in [2.24, 2.45) is 0 Å². The van der Waals surface area contributed by atoms with E-state index in [4.69, 9.17) is 0 Å². The van der Waals surface area contributed by atoms with Crippen LogP contribution >= 0.6 is 0 Å². The standard InChI is InChI=1S/C21H17N3O4/c25-15-9-5-13(6-10-15)19-22-18-4-2-1-3-17(18)21(28)24(19)23-20(27)14-7-11-16(26)12-8-14/h1-12,19,22,25-26H,(H,23,27). The van der Waals surface area contributed by atoms with Crippen molar-refractivity contribution in [3.8, 4) is 11.5 Å². The zero-order valence-corrected chi connectivity index (χ0v) is 14.7. The molecule has 0 saturated heterocycles. The number of para-hydroxylation sites is 1. The summed E-state index contributed by atoms with van der Waals surface area (Å²) in [5.41, 5.74) is 4.72. The molecule has 3 aromatic carbocycles. The third kappa shape index (κ3) is 3.21. The number of anilines is 1. The van der Waals surface area contributed by atoms with Gasteiger partial charge in [-0.2, -0.15) is 0 Å². The van der Waals surface area contributed by atoms with Gasteiger partial charge in [0.15, 0.2) is 0 Å². The molecule has 7 nitrogen and oxygen atoms in total. The quantitative estimate of drug-likeness (QED) is 0.564. The molecule has 1 aliphatic heterocycles. The van der Waals surface area contributed by atoms with Crippen molar-refractivity contribution < 1.29 is 19.8 Å². The number of carbonyl (C=O) groups is 2. The lowest BCUT2D eigenvalue weighted by molar-refractivity contribution is 0.0491. The molecule has 0 spiro atoms. The molecule has 0 bridgehead atoms. The monoisotopic (exact) mass is 375 g/mol. The van der Waals surface area contributed by atoms with Gasteiger partial charge >= 0.3 is 0 Å². The van der Waals surface area contributed by atoms with Gasteiger partial charge in [-0.15, -0.1) is 0 Å². The van der Waals surface area contributed by atoms with Crippen LogP contribution in [0.4, 0.5) is 5.69 Å². The smallest absolute Gasteiger partial charge is 0.276 e. The number of nitrogens with one attached hydrogen (secondary N) is 2. The van der Waals surface area contributed by atoms with E-state index in [1.165, 1.54) is 41.4 Å². The van der Waals surface area contributed by atoms with E-state index in [1.54, 1.807) is 30.3 Å². The lowest BCUT2D eigenvalue weighted by Crippen LogP contribution is -2.52. The Labute approximate surface area is 160 Å². The molecule has 0 aromatic heterocycles. The molecule has 2 amide bonds. The fraction of sp³-hybridized carbons (Fsp3) is 0.0476. The molecule has 4 N–H and O–H groups in total. The van der Waals surface area contributed by atoms with Crippen LogP contribution in [0.2, 0.25) is 0 Å². The van der Waals surface area contributed by atoms with Crippen LogP contribution < -0.4 is 10.7 Å². The fourth-order valence-electron chi connectivity index (χ4n) is 3.05. The van der Waals surface area contributed by atoms with Crippen molar-refractivity contribution in [2.75, 3.05) is 5.32 Å². The van der Waals surface area contributed by atoms with Crippen molar-refractivity contribution in [3.05, 3.63) is 89.5 Å². The molecule has 0 saturated carbocycles. The number of hydrogen-bond donors (Lipinski definition) is 4. The van der Waals surface area contributed by atoms with Gasteiger partial charge in [-0.25, -0.2) is 5.01 Å². The number of fused-ring (bicyclic) bond motifs is 1. The van der Waals surface area contributed by atoms with E-state index in [-0.39, 0.29) is 17.4 Å². The van der Waals surface area contributed by atoms with Crippen LogP contribution in [0.15, 0.2) is 72.8 Å². The van der Waals surface area contributed by atoms with Gasteiger partial charge in [-0.1, -0.05) is 24.3 Å². The summed E-state index contributed by atoms with van der Waals surface area (Å²) in [4.78, 5) is 25.7. The topological polar surface area (TPSA) is 102 Å². The Kier molecular flexibility index (Phi) is 4.33. The first-order valence-corrected chi connectivity index (χ1v) is 8.61. The maximum atomic E-state index is 13.1. The highest BCUT2D eigenvalue weighted by atomic mass is 16.3. The van der Waals surface area contributed by atoms with Gasteiger partial charge in [0, 0.05) is 11.3 Å². The Bertz CT molecular complexity index is 1030. The van der Waals surface area contributed by atoms with E-state index < -0.39 is 12.1 Å². The second-order valence-electron chi connectivity index (χ2n) is 6.35. The largest absolute Gasteiger partial charge is 0.508 e. The maximum absolute atomic E-state index is 13.1. The van der Waals surface area contributed by atoms with E-state index >= 15 is 0 Å². The highest BCUT2D eigenvalue weighted by Crippen LogP contribution is 2.32. The molecule has 4 rings (SSSR count). The minimum Gasteiger partial charge on any atom is -0.508 e. The zero-order valence-electron chi connectivity index (χ0n) is 14.7. The van der Waals surface area contributed by atoms with Crippen LogP contribution in [0.5, 0.6) is 11.5 Å². The van der Waals surface area contributed by atoms with Crippen LogP contribution in [0.3, 0.4) is 0 Å². The van der Waals surface area contributed by atoms with Gasteiger partial charge in [-0.05, 0) is 54.1 Å². The first-order chi connectivity index (χ1) is 13.5. The molecule has 1 unspecified atom stereocenters. The number of hydrazine groups is 1. The number of hydrogen-bond acceptors (Lipinski definition) is 5. The predicted octanol–water partition coefficient (Wildman–Crippen LogP) is 3.01. The molecular formula is C21H17N3O4. The van der Waals surface area contributed by atoms with Gasteiger partial charge < -0.3 is 15.5 Å². The first kappa shape index (κ1) is 17.4. The number of carbonyl (C=O) groups excluding carboxylic acids is 2. The number of nitrogens with zero attached hydrogens (tertiary/aromatic N) is 1. The van der Waals surface area contributed by atoms with E-state index in [0.29, 0.717) is 22.4 Å². The Morgan fingerprint density at radius 1 is 0.893 bits per heavy atom. The number of phenolic OH excluding ortho intramolecular Hbond substituents is 2. The minimum absolute atomic E-state index is 0.0446. The van der Waals surface area contributed by atoms with E-state index in [0.717, 1.165) is 0 Å². The molecule has 0 radical (unpaired) electrons. The number of benzene rings is 3. The first-order valence-electron chi connectivity index (χ1n) is 8.61. The summed E-state index contributed by atoms with van der Waals surface area (Å²) in [6, 6.07) is 19.2. The maximum Gasteiger partial charge on any atom is 0.276 e. The number of amides is 2. The molecule has 1 aliphatic rings. The van der Waals surface area contributed by atoms with Crippen LogP contribution in [0.25, 0.3) is 0 Å². The summed E-state index contributed by atoms with van der Waals surface area (Å²) in [5, 5.41) is 23.4. The molecular weight excluding hydrogens is 358 g/mol. The van der Waals surface area contributed by atoms with E-state index in [9.17, 15) is 19.8 Å². The minimum atomic E-state index is -0.663. The van der Waals surface area contributed by atoms with Crippen LogP contribution in [-0.4, -0.2) is 27.0 Å². The zero-order chi connectivity index (χ0) is 19.7. The predicted molar refractivity (Wildman–Crippen MR) is 103 cm³/mol. The van der Waals surface area contributed by atoms with Crippen molar-refractivity contribution in [3.63, 3.8) is 0 Å². The third-order valence-corrected chi connectivity index (χ3v) is 4.49. The van der Waals surface area contributed by atoms with Crippen molar-refractivity contribution in [1.29, 1.82) is 0 Å². The molecule has 3 aromatic rings. The molecule has 0 fully saturated rings. The van der Waals surface area contributed by atoms with E-state index in [2.05, 4.69) is 10.7 Å². The average Bonchev–Trinajstić information content (AvgIpc) is 2.71. The Hall–Kier alpha value is -4.00. The fourth-order valence-corrected chi connectivity index (χ4v) is 3.05. The average molecular weight is 375 g/mol. The third-order valence-electron chi connectivity index (χ3n) is 4.49. The highest BCUT2D eigenvalue weighted by Gasteiger charge is 2.34. The molecule has 28 heavy (non-hydrogen) atoms. The molecule has 1 heterocycles. The molecule has 0 aliphatic carbocycles. The van der Waals surface area contributed by atoms with Crippen LogP contribution in [0.1, 0.15) is 32.4 Å². The Balaban J connectivity index is 1.70. The van der Waals surface area contributed by atoms with Gasteiger partial charge in [0.25, 0.3) is 11.8 Å². The van der Waals surface area contributed by atoms with Gasteiger partial charge in [0.2, 0.25) is 0 Å². The summed E-state index contributed by atoms with van der Waals surface area (Å²) >= 11 is 0. The normalized spacial score (nSPS) is 15.5. The van der Waals surface area contributed by atoms with Crippen LogP contribution in [0, 0.1) is 0 Å². The van der Waals surface area contributed by atoms with Gasteiger partial charge in [0.05, 0.1) is 5.56 Å². The van der Waals surface area contributed by atoms with Crippen molar-refractivity contribution in [1.82, 2.24) is 10.4 Å². The second-order valence-corrected chi connectivity index (χ2v) is 6.35. The van der Waals surface area contributed by atoms with Gasteiger partial charge in [-0.3, -0.25) is 15.0 Å². The summed E-state index contributed by atoms with van der Waals surface area (Å²) in [6.07, 6.45) is -0.663. The summed E-state index contributed by atoms with van der Waals surface area (Å²) in [6.45, 7) is 0. The Morgan fingerprint density at radius 2 is 1.50 bits per heavy atom.